The summed E-state index contributed by atoms with van der Waals surface area (Å²) in [5.41, 5.74) is 4.16. The minimum Gasteiger partial charge on any atom is -0.362 e. The molecule has 1 aromatic carbocycles. The number of hydrogen-bond acceptors (Lipinski definition) is 7. The Hall–Kier alpha value is -4.34. The standard InChI is InChI=1S/C22H21N9O/c1-3-31-12-18-21(30-31)28-19(11-23-18)26-13(2)14-5-4-6-17(8-14)27-22(32)16-7-15-10-25-29-20(15)24-9-16/h4-13H,3H2,1-2H3,(H,27,32)(H,24,25,29)(H,26,28,30)/t13-/m0/s1. The van der Waals surface area contributed by atoms with Crippen molar-refractivity contribution in [2.45, 2.75) is 26.4 Å². The third-order valence-corrected chi connectivity index (χ3v) is 5.16. The van der Waals surface area contributed by atoms with Crippen LogP contribution in [-0.2, 0) is 6.54 Å². The van der Waals surface area contributed by atoms with Gasteiger partial charge in [0.2, 0.25) is 5.65 Å². The highest BCUT2D eigenvalue weighted by atomic mass is 16.1. The number of fused-ring (bicyclic) bond motifs is 2. The Kier molecular flexibility index (Phi) is 4.94. The number of pyridine rings is 1. The number of nitrogens with one attached hydrogen (secondary N) is 3. The van der Waals surface area contributed by atoms with Gasteiger partial charge in [0.15, 0.2) is 5.65 Å². The molecule has 0 aliphatic heterocycles. The molecule has 4 aromatic heterocycles. The fraction of sp³-hybridized carbons (Fsp3) is 0.182. The number of H-pyrrole nitrogens is 1. The van der Waals surface area contributed by atoms with Gasteiger partial charge in [0.1, 0.15) is 11.3 Å². The molecule has 0 bridgehead atoms. The molecule has 0 unspecified atom stereocenters. The van der Waals surface area contributed by atoms with Crippen molar-refractivity contribution in [1.82, 2.24) is 34.9 Å². The number of aromatic nitrogens is 7. The summed E-state index contributed by atoms with van der Waals surface area (Å²) in [4.78, 5) is 25.9. The maximum absolute atomic E-state index is 12.7. The summed E-state index contributed by atoms with van der Waals surface area (Å²) < 4.78 is 1.81. The highest BCUT2D eigenvalue weighted by Gasteiger charge is 2.12. The van der Waals surface area contributed by atoms with E-state index in [0.717, 1.165) is 23.0 Å². The molecule has 0 saturated carbocycles. The van der Waals surface area contributed by atoms with Crippen LogP contribution in [0.25, 0.3) is 22.2 Å². The van der Waals surface area contributed by atoms with Gasteiger partial charge >= 0.3 is 0 Å². The highest BCUT2D eigenvalue weighted by Crippen LogP contribution is 2.22. The number of benzene rings is 1. The van der Waals surface area contributed by atoms with Crippen LogP contribution in [0.3, 0.4) is 0 Å². The number of hydrogen-bond donors (Lipinski definition) is 3. The zero-order valence-corrected chi connectivity index (χ0v) is 17.6. The Labute approximate surface area is 183 Å². The molecular weight excluding hydrogens is 406 g/mol. The molecule has 0 fully saturated rings. The van der Waals surface area contributed by atoms with E-state index in [1.807, 2.05) is 49.0 Å². The topological polar surface area (TPSA) is 126 Å². The Morgan fingerprint density at radius 3 is 2.97 bits per heavy atom. The lowest BCUT2D eigenvalue weighted by molar-refractivity contribution is 0.102. The Bertz CT molecular complexity index is 1420. The van der Waals surface area contributed by atoms with E-state index in [4.69, 9.17) is 0 Å². The van der Waals surface area contributed by atoms with E-state index in [2.05, 4.69) is 40.9 Å². The van der Waals surface area contributed by atoms with Gasteiger partial charge < -0.3 is 10.6 Å². The van der Waals surface area contributed by atoms with E-state index in [1.165, 1.54) is 6.20 Å². The molecule has 10 nitrogen and oxygen atoms in total. The van der Waals surface area contributed by atoms with Crippen molar-refractivity contribution in [2.75, 3.05) is 10.6 Å². The van der Waals surface area contributed by atoms with Gasteiger partial charge in [0.05, 0.1) is 30.2 Å². The molecule has 0 spiro atoms. The minimum absolute atomic E-state index is 0.0594. The highest BCUT2D eigenvalue weighted by molar-refractivity contribution is 6.05. The van der Waals surface area contributed by atoms with Crippen LogP contribution in [0.4, 0.5) is 11.5 Å². The molecule has 1 amide bonds. The second-order valence-electron chi connectivity index (χ2n) is 7.43. The molecule has 5 aromatic rings. The van der Waals surface area contributed by atoms with Crippen LogP contribution in [-0.4, -0.2) is 40.8 Å². The molecule has 5 rings (SSSR count). The summed E-state index contributed by atoms with van der Waals surface area (Å²) in [5.74, 6) is 0.404. The van der Waals surface area contributed by atoms with Crippen LogP contribution in [0.15, 0.2) is 55.1 Å². The number of rotatable bonds is 6. The first kappa shape index (κ1) is 19.6. The van der Waals surface area contributed by atoms with Crippen molar-refractivity contribution in [3.63, 3.8) is 0 Å². The summed E-state index contributed by atoms with van der Waals surface area (Å²) in [6.07, 6.45) is 6.74. The van der Waals surface area contributed by atoms with Crippen molar-refractivity contribution < 1.29 is 4.79 Å². The zero-order valence-electron chi connectivity index (χ0n) is 17.6. The first-order valence-corrected chi connectivity index (χ1v) is 10.3. The number of aromatic amines is 1. The molecule has 4 heterocycles. The molecule has 0 aliphatic carbocycles. The van der Waals surface area contributed by atoms with Gasteiger partial charge in [-0.05, 0) is 37.6 Å². The number of carbonyl (C=O) groups excluding carboxylic acids is 1. The van der Waals surface area contributed by atoms with Gasteiger partial charge in [0.25, 0.3) is 5.91 Å². The number of aryl methyl sites for hydroxylation is 1. The van der Waals surface area contributed by atoms with Crippen molar-refractivity contribution >= 4 is 39.6 Å². The van der Waals surface area contributed by atoms with Gasteiger partial charge in [-0.15, -0.1) is 0 Å². The normalized spacial score (nSPS) is 12.2. The fourth-order valence-electron chi connectivity index (χ4n) is 3.43. The molecular formula is C22H21N9O. The molecule has 0 radical (unpaired) electrons. The average molecular weight is 427 g/mol. The second-order valence-corrected chi connectivity index (χ2v) is 7.43. The molecule has 3 N–H and O–H groups in total. The van der Waals surface area contributed by atoms with Crippen LogP contribution in [0.2, 0.25) is 0 Å². The van der Waals surface area contributed by atoms with Crippen molar-refractivity contribution in [3.05, 3.63) is 66.2 Å². The number of nitrogens with zero attached hydrogens (tertiary/aromatic N) is 6. The molecule has 1 atom stereocenters. The van der Waals surface area contributed by atoms with Crippen LogP contribution in [0.5, 0.6) is 0 Å². The van der Waals surface area contributed by atoms with Crippen LogP contribution in [0, 0.1) is 0 Å². The lowest BCUT2D eigenvalue weighted by Gasteiger charge is -2.16. The largest absolute Gasteiger partial charge is 0.362 e. The van der Waals surface area contributed by atoms with E-state index < -0.39 is 0 Å². The van der Waals surface area contributed by atoms with Gasteiger partial charge in [-0.1, -0.05) is 12.1 Å². The summed E-state index contributed by atoms with van der Waals surface area (Å²) in [5, 5.41) is 18.2. The van der Waals surface area contributed by atoms with Crippen LogP contribution in [0.1, 0.15) is 35.8 Å². The van der Waals surface area contributed by atoms with Crippen molar-refractivity contribution in [3.8, 4) is 0 Å². The van der Waals surface area contributed by atoms with Gasteiger partial charge in [0, 0.05) is 23.8 Å². The summed E-state index contributed by atoms with van der Waals surface area (Å²) in [7, 11) is 0. The first-order valence-electron chi connectivity index (χ1n) is 10.3. The summed E-state index contributed by atoms with van der Waals surface area (Å²) in [6, 6.07) is 9.36. The van der Waals surface area contributed by atoms with Crippen molar-refractivity contribution in [1.29, 1.82) is 0 Å². The monoisotopic (exact) mass is 427 g/mol. The molecule has 160 valence electrons. The number of anilines is 2. The van der Waals surface area contributed by atoms with Gasteiger partial charge in [-0.3, -0.25) is 14.6 Å². The molecule has 0 aliphatic rings. The van der Waals surface area contributed by atoms with Crippen LogP contribution >= 0.6 is 0 Å². The quantitative estimate of drug-likeness (QED) is 0.378. The predicted molar refractivity (Wildman–Crippen MR) is 121 cm³/mol. The maximum Gasteiger partial charge on any atom is 0.257 e. The lowest BCUT2D eigenvalue weighted by Crippen LogP contribution is -2.13. The van der Waals surface area contributed by atoms with Crippen molar-refractivity contribution in [2.24, 2.45) is 0 Å². The van der Waals surface area contributed by atoms with E-state index in [9.17, 15) is 4.79 Å². The van der Waals surface area contributed by atoms with Gasteiger partial charge in [-0.25, -0.2) is 15.0 Å². The molecule has 32 heavy (non-hydrogen) atoms. The second kappa shape index (κ2) is 8.06. The third-order valence-electron chi connectivity index (χ3n) is 5.16. The molecule has 0 saturated heterocycles. The molecule has 10 heteroatoms. The summed E-state index contributed by atoms with van der Waals surface area (Å²) >= 11 is 0. The van der Waals surface area contributed by atoms with Crippen LogP contribution < -0.4 is 10.6 Å². The lowest BCUT2D eigenvalue weighted by atomic mass is 10.1. The summed E-state index contributed by atoms with van der Waals surface area (Å²) in [6.45, 7) is 4.81. The maximum atomic E-state index is 12.7. The zero-order chi connectivity index (χ0) is 22.1. The Balaban J connectivity index is 1.31. The number of carbonyl (C=O) groups is 1. The SMILES string of the molecule is CCn1cc2ncc(N[C@@H](C)c3cccc(NC(=O)c4cnc5[nH]ncc5c4)c3)nc2n1. The Morgan fingerprint density at radius 1 is 1.19 bits per heavy atom. The fourth-order valence-corrected chi connectivity index (χ4v) is 3.43. The van der Waals surface area contributed by atoms with E-state index >= 15 is 0 Å². The Morgan fingerprint density at radius 2 is 2.09 bits per heavy atom. The van der Waals surface area contributed by atoms with Gasteiger partial charge in [-0.2, -0.15) is 10.2 Å². The van der Waals surface area contributed by atoms with E-state index in [0.29, 0.717) is 28.4 Å². The number of amides is 1. The third kappa shape index (κ3) is 3.85. The smallest absolute Gasteiger partial charge is 0.257 e. The van der Waals surface area contributed by atoms with E-state index in [-0.39, 0.29) is 11.9 Å². The predicted octanol–water partition coefficient (Wildman–Crippen LogP) is 3.54. The first-order chi connectivity index (χ1) is 15.6. The minimum atomic E-state index is -0.235. The van der Waals surface area contributed by atoms with E-state index in [1.54, 1.807) is 18.5 Å². The average Bonchev–Trinajstić information content (AvgIpc) is 3.44.